The van der Waals surface area contributed by atoms with Crippen LogP contribution in [0.1, 0.15) is 40.5 Å². The second-order valence-electron chi connectivity index (χ2n) is 5.01. The zero-order valence-electron chi connectivity index (χ0n) is 15.0. The van der Waals surface area contributed by atoms with Gasteiger partial charge in [0.15, 0.2) is 0 Å². The molecule has 0 saturated carbocycles. The van der Waals surface area contributed by atoms with Crippen molar-refractivity contribution in [3.8, 4) is 0 Å². The molecule has 0 aromatic heterocycles. The summed E-state index contributed by atoms with van der Waals surface area (Å²) < 4.78 is 22.7. The van der Waals surface area contributed by atoms with Gasteiger partial charge in [-0.1, -0.05) is 0 Å². The molecule has 0 spiro atoms. The zero-order valence-corrected chi connectivity index (χ0v) is 16.0. The topological polar surface area (TPSA) is 77.5 Å². The number of nitrogens with zero attached hydrogens (tertiary/aromatic N) is 1. The van der Waals surface area contributed by atoms with E-state index in [1.54, 1.807) is 4.90 Å². The van der Waals surface area contributed by atoms with Crippen LogP contribution in [0.25, 0.3) is 0 Å². The van der Waals surface area contributed by atoms with Crippen molar-refractivity contribution >= 4 is 14.8 Å². The maximum absolute atomic E-state index is 10.9. The van der Waals surface area contributed by atoms with E-state index in [9.17, 15) is 4.79 Å². The molecule has 0 bridgehead atoms. The van der Waals surface area contributed by atoms with E-state index >= 15 is 0 Å². The van der Waals surface area contributed by atoms with E-state index in [4.69, 9.17) is 23.1 Å². The standard InChI is InChI=1S/C15H33NO6Si/c1-5-19-14-16(13-15(17)18)11-9-10-12-23(20-6-2,21-7-3)22-8-4/h5-14H2,1-4H3,(H,17,18). The monoisotopic (exact) mass is 351 g/mol. The normalized spacial score (nSPS) is 12.0. The van der Waals surface area contributed by atoms with E-state index in [1.807, 2.05) is 27.7 Å². The molecule has 23 heavy (non-hydrogen) atoms. The van der Waals surface area contributed by atoms with E-state index in [0.717, 1.165) is 18.9 Å². The van der Waals surface area contributed by atoms with Gasteiger partial charge < -0.3 is 23.1 Å². The van der Waals surface area contributed by atoms with E-state index in [2.05, 4.69) is 0 Å². The number of aliphatic carboxylic acids is 1. The molecule has 0 radical (unpaired) electrons. The molecule has 1 N–H and O–H groups in total. The summed E-state index contributed by atoms with van der Waals surface area (Å²) >= 11 is 0. The smallest absolute Gasteiger partial charge is 0.480 e. The summed E-state index contributed by atoms with van der Waals surface area (Å²) in [5, 5.41) is 8.93. The molecule has 0 aliphatic rings. The molecule has 0 saturated heterocycles. The van der Waals surface area contributed by atoms with Gasteiger partial charge in [0.1, 0.15) is 0 Å². The Morgan fingerprint density at radius 3 is 1.96 bits per heavy atom. The molecule has 0 aliphatic heterocycles. The molecular formula is C15H33NO6Si. The maximum Gasteiger partial charge on any atom is 0.500 e. The second-order valence-corrected chi connectivity index (χ2v) is 7.74. The lowest BCUT2D eigenvalue weighted by atomic mass is 10.3. The van der Waals surface area contributed by atoms with E-state index in [0.29, 0.717) is 39.7 Å². The number of unbranched alkanes of at least 4 members (excludes halogenated alkanes) is 1. The third-order valence-corrected chi connectivity index (χ3v) is 6.29. The number of rotatable bonds is 16. The summed E-state index contributed by atoms with van der Waals surface area (Å²) in [6.45, 7) is 11.0. The van der Waals surface area contributed by atoms with Crippen LogP contribution in [-0.4, -0.2) is 71.0 Å². The minimum absolute atomic E-state index is 0.00898. The number of ether oxygens (including phenoxy) is 1. The Hall–Kier alpha value is -0.513. The largest absolute Gasteiger partial charge is 0.500 e. The highest BCUT2D eigenvalue weighted by Crippen LogP contribution is 2.19. The lowest BCUT2D eigenvalue weighted by Gasteiger charge is -2.28. The summed E-state index contributed by atoms with van der Waals surface area (Å²) in [7, 11) is -2.59. The van der Waals surface area contributed by atoms with Crippen molar-refractivity contribution < 1.29 is 27.9 Å². The Morgan fingerprint density at radius 2 is 1.52 bits per heavy atom. The van der Waals surface area contributed by atoms with E-state index < -0.39 is 14.8 Å². The van der Waals surface area contributed by atoms with Gasteiger partial charge in [0.2, 0.25) is 0 Å². The van der Waals surface area contributed by atoms with Gasteiger partial charge in [-0.25, -0.2) is 0 Å². The van der Waals surface area contributed by atoms with Crippen molar-refractivity contribution in [3.05, 3.63) is 0 Å². The first-order valence-electron chi connectivity index (χ1n) is 8.47. The molecule has 7 nitrogen and oxygen atoms in total. The molecule has 0 aromatic rings. The van der Waals surface area contributed by atoms with Crippen LogP contribution in [0.3, 0.4) is 0 Å². The number of carboxylic acid groups (broad SMARTS) is 1. The number of carboxylic acids is 1. The SMILES string of the molecule is CCOCN(CCCC[Si](OCC)(OCC)OCC)CC(=O)O. The average molecular weight is 352 g/mol. The van der Waals surface area contributed by atoms with Gasteiger partial charge in [0, 0.05) is 39.0 Å². The maximum atomic E-state index is 10.9. The molecule has 0 heterocycles. The van der Waals surface area contributed by atoms with Crippen molar-refractivity contribution in [3.63, 3.8) is 0 Å². The van der Waals surface area contributed by atoms with Gasteiger partial charge >= 0.3 is 14.8 Å². The molecule has 138 valence electrons. The molecule has 0 aromatic carbocycles. The Morgan fingerprint density at radius 1 is 0.957 bits per heavy atom. The Kier molecular flexibility index (Phi) is 13.6. The molecule has 0 amide bonds. The number of carbonyl (C=O) groups is 1. The lowest BCUT2D eigenvalue weighted by molar-refractivity contribution is -0.139. The highest BCUT2D eigenvalue weighted by molar-refractivity contribution is 6.60. The van der Waals surface area contributed by atoms with Gasteiger partial charge in [-0.05, 0) is 40.5 Å². The first-order chi connectivity index (χ1) is 11.0. The first-order valence-corrected chi connectivity index (χ1v) is 10.4. The van der Waals surface area contributed by atoms with Crippen molar-refractivity contribution in [1.82, 2.24) is 4.90 Å². The van der Waals surface area contributed by atoms with Gasteiger partial charge in [0.25, 0.3) is 0 Å². The third-order valence-electron chi connectivity index (χ3n) is 3.14. The fraction of sp³-hybridized carbons (Fsp3) is 0.933. The van der Waals surface area contributed by atoms with Crippen LogP contribution in [-0.2, 0) is 22.8 Å². The predicted molar refractivity (Wildman–Crippen MR) is 90.4 cm³/mol. The van der Waals surface area contributed by atoms with Gasteiger partial charge in [-0.3, -0.25) is 9.69 Å². The van der Waals surface area contributed by atoms with Crippen molar-refractivity contribution in [2.75, 3.05) is 46.2 Å². The van der Waals surface area contributed by atoms with Crippen LogP contribution in [0.2, 0.25) is 6.04 Å². The van der Waals surface area contributed by atoms with Crippen molar-refractivity contribution in [2.45, 2.75) is 46.6 Å². The number of hydrogen-bond acceptors (Lipinski definition) is 6. The van der Waals surface area contributed by atoms with Gasteiger partial charge in [-0.15, -0.1) is 0 Å². The molecule has 8 heteroatoms. The van der Waals surface area contributed by atoms with Crippen LogP contribution in [0.15, 0.2) is 0 Å². The Balaban J connectivity index is 4.34. The Labute approximate surface area is 141 Å². The Bertz CT molecular complexity index is 289. The summed E-state index contributed by atoms with van der Waals surface area (Å²) in [6, 6.07) is 0.748. The summed E-state index contributed by atoms with van der Waals surface area (Å²) in [4.78, 5) is 12.7. The van der Waals surface area contributed by atoms with E-state index in [1.165, 1.54) is 0 Å². The number of hydrogen-bond donors (Lipinski definition) is 1. The molecule has 0 atom stereocenters. The van der Waals surface area contributed by atoms with Crippen molar-refractivity contribution in [2.24, 2.45) is 0 Å². The van der Waals surface area contributed by atoms with Crippen LogP contribution in [0.5, 0.6) is 0 Å². The average Bonchev–Trinajstić information content (AvgIpc) is 2.49. The third kappa shape index (κ3) is 10.8. The van der Waals surface area contributed by atoms with Gasteiger partial charge in [-0.2, -0.15) is 0 Å². The van der Waals surface area contributed by atoms with E-state index in [-0.39, 0.29) is 6.54 Å². The summed E-state index contributed by atoms with van der Waals surface area (Å²) in [6.07, 6.45) is 1.72. The predicted octanol–water partition coefficient (Wildman–Crippen LogP) is 2.20. The van der Waals surface area contributed by atoms with Crippen molar-refractivity contribution in [1.29, 1.82) is 0 Å². The fourth-order valence-electron chi connectivity index (χ4n) is 2.28. The quantitative estimate of drug-likeness (QED) is 0.259. The lowest BCUT2D eigenvalue weighted by Crippen LogP contribution is -2.46. The summed E-state index contributed by atoms with van der Waals surface area (Å²) in [5.41, 5.74) is 0. The van der Waals surface area contributed by atoms with Gasteiger partial charge in [0.05, 0.1) is 13.3 Å². The zero-order chi connectivity index (χ0) is 17.6. The molecule has 0 rings (SSSR count). The molecular weight excluding hydrogens is 318 g/mol. The minimum atomic E-state index is -2.59. The summed E-state index contributed by atoms with van der Waals surface area (Å²) in [5.74, 6) is -0.841. The highest BCUT2D eigenvalue weighted by atomic mass is 28.4. The second kappa shape index (κ2) is 13.9. The van der Waals surface area contributed by atoms with Crippen LogP contribution < -0.4 is 0 Å². The van der Waals surface area contributed by atoms with Crippen LogP contribution in [0, 0.1) is 0 Å². The van der Waals surface area contributed by atoms with Crippen LogP contribution >= 0.6 is 0 Å². The first kappa shape index (κ1) is 22.5. The minimum Gasteiger partial charge on any atom is -0.480 e. The van der Waals surface area contributed by atoms with Crippen LogP contribution in [0.4, 0.5) is 0 Å². The molecule has 0 aliphatic carbocycles. The molecule has 0 fully saturated rings. The highest BCUT2D eigenvalue weighted by Gasteiger charge is 2.39. The molecule has 0 unspecified atom stereocenters. The fourth-order valence-corrected chi connectivity index (χ4v) is 4.96.